The summed E-state index contributed by atoms with van der Waals surface area (Å²) in [6, 6.07) is 26.8. The molecule has 208 valence electrons. The van der Waals surface area contributed by atoms with Crippen LogP contribution in [0, 0.1) is 5.92 Å². The number of nitrogens with zero attached hydrogens (tertiary/aromatic N) is 2. The van der Waals surface area contributed by atoms with Gasteiger partial charge in [0, 0.05) is 40.4 Å². The summed E-state index contributed by atoms with van der Waals surface area (Å²) in [7, 11) is -2.83. The van der Waals surface area contributed by atoms with Crippen molar-refractivity contribution in [1.82, 2.24) is 0 Å². The standard InChI is InChI=1S/C33H32N2O5Si/c1-20-30(41(2,3)39)28(17-18-36)40-33(20)25-19-23(15-16-26(25)35(32(33)38)22-11-5-4-6-12-22)34-27-14-8-10-21-9-7-13-24(29(21)27)31(34)37/h4-16,19-20,28,30,36,39H,17-18H2,1-3H3/t20-,28+,30-,33+/m1/s1. The van der Waals surface area contributed by atoms with Crippen molar-refractivity contribution in [1.29, 1.82) is 0 Å². The Morgan fingerprint density at radius 1 is 0.878 bits per heavy atom. The monoisotopic (exact) mass is 564 g/mol. The number of carbonyl (C=O) groups excluding carboxylic acids is 2. The lowest BCUT2D eigenvalue weighted by molar-refractivity contribution is -0.145. The van der Waals surface area contributed by atoms with Gasteiger partial charge in [0.2, 0.25) is 0 Å². The van der Waals surface area contributed by atoms with Crippen LogP contribution in [-0.2, 0) is 15.1 Å². The first-order chi connectivity index (χ1) is 19.7. The minimum atomic E-state index is -2.83. The normalized spacial score (nSPS) is 25.1. The predicted octanol–water partition coefficient (Wildman–Crippen LogP) is 5.99. The lowest BCUT2D eigenvalue weighted by atomic mass is 9.82. The highest BCUT2D eigenvalue weighted by Gasteiger charge is 2.66. The van der Waals surface area contributed by atoms with Crippen LogP contribution in [0.25, 0.3) is 10.8 Å². The van der Waals surface area contributed by atoms with E-state index in [2.05, 4.69) is 0 Å². The number of benzene rings is 4. The lowest BCUT2D eigenvalue weighted by Crippen LogP contribution is -2.45. The van der Waals surface area contributed by atoms with E-state index < -0.39 is 20.0 Å². The van der Waals surface area contributed by atoms with Gasteiger partial charge in [-0.15, -0.1) is 0 Å². The number of hydrogen-bond donors (Lipinski definition) is 2. The van der Waals surface area contributed by atoms with Crippen molar-refractivity contribution in [2.75, 3.05) is 16.4 Å². The van der Waals surface area contributed by atoms with Gasteiger partial charge in [-0.1, -0.05) is 49.4 Å². The summed E-state index contributed by atoms with van der Waals surface area (Å²) in [5.41, 5.74) is 2.54. The molecule has 0 bridgehead atoms. The Hall–Kier alpha value is -3.82. The lowest BCUT2D eigenvalue weighted by Gasteiger charge is -2.32. The average Bonchev–Trinajstić information content (AvgIpc) is 3.51. The second kappa shape index (κ2) is 9.09. The Morgan fingerprint density at radius 3 is 2.32 bits per heavy atom. The zero-order chi connectivity index (χ0) is 28.7. The van der Waals surface area contributed by atoms with Crippen molar-refractivity contribution in [3.8, 4) is 0 Å². The minimum absolute atomic E-state index is 0.109. The van der Waals surface area contributed by atoms with E-state index in [1.807, 2.05) is 105 Å². The summed E-state index contributed by atoms with van der Waals surface area (Å²) in [4.78, 5) is 43.2. The van der Waals surface area contributed by atoms with Gasteiger partial charge < -0.3 is 14.6 Å². The SMILES string of the molecule is C[C@@H]1[C@@H]([Si](C)(C)O)[C@H](CCO)O[C@@]12C(=O)N(c1ccccc1)c1ccc(N3C(=O)c4cccc5cccc3c45)cc12. The number of para-hydroxylation sites is 1. The molecule has 0 aromatic heterocycles. The second-order valence-electron chi connectivity index (χ2n) is 11.9. The molecule has 41 heavy (non-hydrogen) atoms. The van der Waals surface area contributed by atoms with Gasteiger partial charge in [-0.2, -0.15) is 0 Å². The first-order valence-electron chi connectivity index (χ1n) is 14.1. The number of aliphatic hydroxyl groups excluding tert-OH is 1. The van der Waals surface area contributed by atoms with E-state index in [-0.39, 0.29) is 29.9 Å². The Labute approximate surface area is 239 Å². The first kappa shape index (κ1) is 26.1. The van der Waals surface area contributed by atoms with Crippen LogP contribution >= 0.6 is 0 Å². The van der Waals surface area contributed by atoms with Crippen LogP contribution in [0.4, 0.5) is 22.7 Å². The fraction of sp³-hybridized carbons (Fsp3) is 0.273. The van der Waals surface area contributed by atoms with E-state index in [0.29, 0.717) is 28.9 Å². The van der Waals surface area contributed by atoms with E-state index in [1.165, 1.54) is 0 Å². The van der Waals surface area contributed by atoms with Gasteiger partial charge in [0.15, 0.2) is 13.9 Å². The van der Waals surface area contributed by atoms with Crippen molar-refractivity contribution < 1.29 is 24.2 Å². The molecule has 7 nitrogen and oxygen atoms in total. The van der Waals surface area contributed by atoms with Crippen LogP contribution in [0.3, 0.4) is 0 Å². The summed E-state index contributed by atoms with van der Waals surface area (Å²) in [5, 5.41) is 11.8. The van der Waals surface area contributed by atoms with E-state index >= 15 is 0 Å². The molecule has 4 atom stereocenters. The van der Waals surface area contributed by atoms with Crippen molar-refractivity contribution >= 4 is 53.7 Å². The van der Waals surface area contributed by atoms with E-state index in [4.69, 9.17) is 4.74 Å². The molecule has 0 saturated carbocycles. The largest absolute Gasteiger partial charge is 0.432 e. The third-order valence-corrected chi connectivity index (χ3v) is 11.6. The van der Waals surface area contributed by atoms with Crippen LogP contribution < -0.4 is 9.80 Å². The molecule has 1 saturated heterocycles. The molecule has 3 aliphatic heterocycles. The summed E-state index contributed by atoms with van der Waals surface area (Å²) < 4.78 is 6.78. The third kappa shape index (κ3) is 3.55. The number of fused-ring (bicyclic) bond motifs is 2. The van der Waals surface area contributed by atoms with Gasteiger partial charge in [0.05, 0.1) is 23.0 Å². The van der Waals surface area contributed by atoms with Gasteiger partial charge in [-0.3, -0.25) is 19.4 Å². The third-order valence-electron chi connectivity index (χ3n) is 9.12. The van der Waals surface area contributed by atoms with E-state index in [9.17, 15) is 19.5 Å². The van der Waals surface area contributed by atoms with Crippen LogP contribution in [-0.4, -0.2) is 42.7 Å². The Balaban J connectivity index is 1.44. The molecule has 4 aromatic rings. The Kier molecular flexibility index (Phi) is 5.79. The molecule has 7 rings (SSSR count). The Bertz CT molecular complexity index is 1710. The smallest absolute Gasteiger partial charge is 0.268 e. The van der Waals surface area contributed by atoms with Crippen molar-refractivity contribution in [3.63, 3.8) is 0 Å². The molecule has 0 unspecified atom stereocenters. The maximum Gasteiger partial charge on any atom is 0.268 e. The zero-order valence-electron chi connectivity index (χ0n) is 23.2. The Morgan fingerprint density at radius 2 is 1.61 bits per heavy atom. The minimum Gasteiger partial charge on any atom is -0.432 e. The van der Waals surface area contributed by atoms with E-state index in [1.54, 1.807) is 9.80 Å². The zero-order valence-corrected chi connectivity index (χ0v) is 24.2. The molecule has 2 amide bonds. The molecular weight excluding hydrogens is 532 g/mol. The van der Waals surface area contributed by atoms with Gasteiger partial charge >= 0.3 is 0 Å². The van der Waals surface area contributed by atoms with Crippen LogP contribution in [0.2, 0.25) is 18.6 Å². The summed E-state index contributed by atoms with van der Waals surface area (Å²) in [5.74, 6) is -0.698. The van der Waals surface area contributed by atoms with Gasteiger partial charge in [-0.25, -0.2) is 0 Å². The summed E-state index contributed by atoms with van der Waals surface area (Å²) in [6.07, 6.45) is -0.159. The van der Waals surface area contributed by atoms with Crippen molar-refractivity contribution in [2.45, 2.75) is 43.7 Å². The van der Waals surface area contributed by atoms with Crippen LogP contribution in [0.15, 0.2) is 84.9 Å². The maximum absolute atomic E-state index is 14.6. The highest BCUT2D eigenvalue weighted by molar-refractivity contribution is 6.71. The van der Waals surface area contributed by atoms with E-state index in [0.717, 1.165) is 22.1 Å². The molecule has 0 radical (unpaired) electrons. The second-order valence-corrected chi connectivity index (χ2v) is 15.8. The number of ether oxygens (including phenoxy) is 1. The fourth-order valence-electron chi connectivity index (χ4n) is 7.53. The van der Waals surface area contributed by atoms with Crippen LogP contribution in [0.1, 0.15) is 29.3 Å². The van der Waals surface area contributed by atoms with Gasteiger partial charge in [-0.05, 0) is 67.4 Å². The molecule has 4 aromatic carbocycles. The van der Waals surface area contributed by atoms with Crippen LogP contribution in [0.5, 0.6) is 0 Å². The van der Waals surface area contributed by atoms with Crippen molar-refractivity contribution in [3.05, 3.63) is 96.1 Å². The number of carbonyl (C=O) groups is 2. The highest BCUT2D eigenvalue weighted by atomic mass is 28.4. The number of anilines is 4. The molecule has 0 aliphatic carbocycles. The number of rotatable bonds is 5. The van der Waals surface area contributed by atoms with Gasteiger partial charge in [0.1, 0.15) is 0 Å². The first-order valence-corrected chi connectivity index (χ1v) is 17.1. The average molecular weight is 565 g/mol. The summed E-state index contributed by atoms with van der Waals surface area (Å²) in [6.45, 7) is 5.61. The topological polar surface area (TPSA) is 90.3 Å². The molecule has 1 spiro atoms. The number of hydrogen-bond acceptors (Lipinski definition) is 5. The molecule has 2 N–H and O–H groups in total. The summed E-state index contributed by atoms with van der Waals surface area (Å²) >= 11 is 0. The molecule has 3 aliphatic rings. The fourth-order valence-corrected chi connectivity index (χ4v) is 10.1. The maximum atomic E-state index is 14.6. The van der Waals surface area contributed by atoms with Crippen molar-refractivity contribution in [2.24, 2.45) is 5.92 Å². The number of amides is 2. The molecular formula is C33H32N2O5Si. The molecule has 8 heteroatoms. The van der Waals surface area contributed by atoms with Gasteiger partial charge in [0.25, 0.3) is 11.8 Å². The molecule has 3 heterocycles. The predicted molar refractivity (Wildman–Crippen MR) is 161 cm³/mol. The number of aliphatic hydroxyl groups is 1. The highest BCUT2D eigenvalue weighted by Crippen LogP contribution is 2.61. The molecule has 1 fully saturated rings. The quantitative estimate of drug-likeness (QED) is 0.291.